The van der Waals surface area contributed by atoms with E-state index >= 15 is 0 Å². The highest BCUT2D eigenvalue weighted by molar-refractivity contribution is 6.04. The SMILES string of the molecule is O=C1CC=C(NC(=O)c2cnn(Cc3ccc(F)cc3)c2)C=C1C1=Cc2cc(CN3CCCCC3)ccc2C1. The van der Waals surface area contributed by atoms with Crippen LogP contribution in [0, 0.1) is 5.82 Å². The number of aromatic nitrogens is 2. The van der Waals surface area contributed by atoms with E-state index in [0.29, 0.717) is 29.8 Å². The number of carbonyl (C=O) groups excluding carboxylic acids is 2. The number of nitrogens with zero attached hydrogens (tertiary/aromatic N) is 3. The largest absolute Gasteiger partial charge is 0.322 e. The lowest BCUT2D eigenvalue weighted by molar-refractivity contribution is -0.114. The lowest BCUT2D eigenvalue weighted by Gasteiger charge is -2.26. The summed E-state index contributed by atoms with van der Waals surface area (Å²) in [4.78, 5) is 28.3. The standard InChI is InChI=1S/C32H31FN4O2/c33-28-8-5-22(6-9-28)20-37-21-27(18-34-37)32(39)35-29-10-11-31(38)30(17-29)26-15-24-7-4-23(14-25(24)16-26)19-36-12-2-1-3-13-36/h4-10,14,16-18,21H,1-3,11-13,15,19-20H2,(H,35,39). The molecule has 7 heteroatoms. The number of benzene rings is 2. The number of hydrogen-bond acceptors (Lipinski definition) is 4. The van der Waals surface area contributed by atoms with Gasteiger partial charge in [0.1, 0.15) is 5.82 Å². The van der Waals surface area contributed by atoms with Gasteiger partial charge in [0, 0.05) is 30.4 Å². The van der Waals surface area contributed by atoms with Gasteiger partial charge in [-0.15, -0.1) is 0 Å². The van der Waals surface area contributed by atoms with Crippen LogP contribution in [0.5, 0.6) is 0 Å². The first-order valence-corrected chi connectivity index (χ1v) is 13.6. The molecule has 0 spiro atoms. The first-order valence-electron chi connectivity index (χ1n) is 13.6. The zero-order valence-corrected chi connectivity index (χ0v) is 21.8. The van der Waals surface area contributed by atoms with Crippen molar-refractivity contribution in [3.63, 3.8) is 0 Å². The summed E-state index contributed by atoms with van der Waals surface area (Å²) in [6.07, 6.45) is 13.7. The minimum atomic E-state index is -0.291. The maximum Gasteiger partial charge on any atom is 0.258 e. The van der Waals surface area contributed by atoms with E-state index in [0.717, 1.165) is 30.8 Å². The molecule has 6 rings (SSSR count). The molecule has 1 aliphatic heterocycles. The molecule has 0 unspecified atom stereocenters. The van der Waals surface area contributed by atoms with Crippen LogP contribution in [-0.4, -0.2) is 39.5 Å². The average Bonchev–Trinajstić information content (AvgIpc) is 3.59. The van der Waals surface area contributed by atoms with Crippen molar-refractivity contribution in [1.82, 2.24) is 20.0 Å². The van der Waals surface area contributed by atoms with Crippen molar-refractivity contribution in [3.8, 4) is 0 Å². The summed E-state index contributed by atoms with van der Waals surface area (Å²) in [7, 11) is 0. The highest BCUT2D eigenvalue weighted by Crippen LogP contribution is 2.33. The fourth-order valence-electron chi connectivity index (χ4n) is 5.54. The first kappa shape index (κ1) is 25.2. The molecule has 198 valence electrons. The number of piperidine rings is 1. The summed E-state index contributed by atoms with van der Waals surface area (Å²) in [5.41, 5.74) is 7.30. The fraction of sp³-hybridized carbons (Fsp3) is 0.281. The minimum absolute atomic E-state index is 0.0627. The highest BCUT2D eigenvalue weighted by Gasteiger charge is 2.24. The van der Waals surface area contributed by atoms with E-state index in [9.17, 15) is 14.0 Å². The molecular weight excluding hydrogens is 491 g/mol. The third kappa shape index (κ3) is 5.83. The van der Waals surface area contributed by atoms with Gasteiger partial charge in [-0.25, -0.2) is 4.39 Å². The number of amides is 1. The second-order valence-corrected chi connectivity index (χ2v) is 10.6. The number of Topliss-reactive ketones (excluding diaryl/α,β-unsaturated/α-hetero) is 1. The summed E-state index contributed by atoms with van der Waals surface area (Å²) < 4.78 is 14.8. The van der Waals surface area contributed by atoms with Crippen molar-refractivity contribution >= 4 is 17.8 Å². The van der Waals surface area contributed by atoms with Gasteiger partial charge in [-0.05, 0) is 78.4 Å². The van der Waals surface area contributed by atoms with Crippen LogP contribution in [0.3, 0.4) is 0 Å². The third-order valence-electron chi connectivity index (χ3n) is 7.64. The summed E-state index contributed by atoms with van der Waals surface area (Å²) >= 11 is 0. The number of nitrogens with one attached hydrogen (secondary N) is 1. The minimum Gasteiger partial charge on any atom is -0.322 e. The molecule has 1 saturated heterocycles. The number of allylic oxidation sites excluding steroid dienone is 4. The van der Waals surface area contributed by atoms with E-state index in [-0.39, 0.29) is 23.9 Å². The molecular formula is C32H31FN4O2. The molecule has 2 heterocycles. The van der Waals surface area contributed by atoms with E-state index in [1.807, 2.05) is 0 Å². The van der Waals surface area contributed by atoms with Crippen molar-refractivity contribution in [3.05, 3.63) is 117 Å². The van der Waals surface area contributed by atoms with Gasteiger partial charge in [0.25, 0.3) is 5.91 Å². The monoisotopic (exact) mass is 522 g/mol. The van der Waals surface area contributed by atoms with Crippen LogP contribution in [0.1, 0.15) is 58.3 Å². The van der Waals surface area contributed by atoms with Crippen molar-refractivity contribution in [2.75, 3.05) is 13.1 Å². The van der Waals surface area contributed by atoms with Gasteiger partial charge in [0.2, 0.25) is 0 Å². The molecule has 3 aromatic rings. The van der Waals surface area contributed by atoms with Gasteiger partial charge < -0.3 is 5.32 Å². The Morgan fingerprint density at radius 3 is 2.59 bits per heavy atom. The normalized spacial score (nSPS) is 17.4. The summed E-state index contributed by atoms with van der Waals surface area (Å²) in [5, 5.41) is 7.19. The number of hydrogen-bond donors (Lipinski definition) is 1. The lowest BCUT2D eigenvalue weighted by atomic mass is 9.93. The van der Waals surface area contributed by atoms with E-state index in [1.165, 1.54) is 54.3 Å². The van der Waals surface area contributed by atoms with Gasteiger partial charge in [0.15, 0.2) is 5.78 Å². The molecule has 3 aliphatic rings. The van der Waals surface area contributed by atoms with Crippen LogP contribution in [0.25, 0.3) is 6.08 Å². The summed E-state index contributed by atoms with van der Waals surface area (Å²) in [5.74, 6) is -0.517. The molecule has 1 N–H and O–H groups in total. The van der Waals surface area contributed by atoms with Gasteiger partial charge in [-0.2, -0.15) is 5.10 Å². The van der Waals surface area contributed by atoms with Gasteiger partial charge in [-0.1, -0.05) is 48.9 Å². The zero-order valence-electron chi connectivity index (χ0n) is 21.8. The second kappa shape index (κ2) is 10.9. The summed E-state index contributed by atoms with van der Waals surface area (Å²) in [6, 6.07) is 12.8. The van der Waals surface area contributed by atoms with Crippen molar-refractivity contribution in [2.24, 2.45) is 0 Å². The van der Waals surface area contributed by atoms with Crippen LogP contribution in [0.2, 0.25) is 0 Å². The van der Waals surface area contributed by atoms with Gasteiger partial charge >= 0.3 is 0 Å². The average molecular weight is 523 g/mol. The summed E-state index contributed by atoms with van der Waals surface area (Å²) in [6.45, 7) is 3.73. The maximum atomic E-state index is 13.2. The predicted octanol–water partition coefficient (Wildman–Crippen LogP) is 5.21. The Bertz CT molecular complexity index is 1510. The molecule has 2 aromatic carbocycles. The molecule has 39 heavy (non-hydrogen) atoms. The number of carbonyl (C=O) groups is 2. The van der Waals surface area contributed by atoms with Crippen LogP contribution in [0.4, 0.5) is 4.39 Å². The molecule has 0 bridgehead atoms. The van der Waals surface area contributed by atoms with Crippen molar-refractivity contribution in [1.29, 1.82) is 0 Å². The maximum absolute atomic E-state index is 13.2. The van der Waals surface area contributed by atoms with Gasteiger partial charge in [-0.3, -0.25) is 19.2 Å². The first-order chi connectivity index (χ1) is 19.0. The lowest BCUT2D eigenvalue weighted by Crippen LogP contribution is -2.29. The van der Waals surface area contributed by atoms with Crippen LogP contribution in [-0.2, 0) is 24.3 Å². The topological polar surface area (TPSA) is 67.2 Å². The molecule has 6 nitrogen and oxygen atoms in total. The van der Waals surface area contributed by atoms with Crippen LogP contribution >= 0.6 is 0 Å². The molecule has 1 aromatic heterocycles. The van der Waals surface area contributed by atoms with Crippen LogP contribution in [0.15, 0.2) is 83.9 Å². The zero-order chi connectivity index (χ0) is 26.8. The molecule has 0 radical (unpaired) electrons. The number of ketones is 1. The number of halogens is 1. The fourth-order valence-corrected chi connectivity index (χ4v) is 5.54. The second-order valence-electron chi connectivity index (χ2n) is 10.6. The van der Waals surface area contributed by atoms with E-state index < -0.39 is 0 Å². The molecule has 2 aliphatic carbocycles. The Kier molecular flexibility index (Phi) is 7.07. The Hall–Kier alpha value is -4.10. The van der Waals surface area contributed by atoms with Crippen molar-refractivity contribution in [2.45, 2.75) is 45.2 Å². The molecule has 0 saturated carbocycles. The van der Waals surface area contributed by atoms with E-state index in [1.54, 1.807) is 35.2 Å². The Balaban J connectivity index is 1.12. The Labute approximate surface area is 227 Å². The quantitative estimate of drug-likeness (QED) is 0.463. The van der Waals surface area contributed by atoms with Crippen LogP contribution < -0.4 is 5.32 Å². The Morgan fingerprint density at radius 2 is 1.77 bits per heavy atom. The smallest absolute Gasteiger partial charge is 0.258 e. The Morgan fingerprint density at radius 1 is 0.974 bits per heavy atom. The highest BCUT2D eigenvalue weighted by atomic mass is 19.1. The number of rotatable bonds is 7. The number of fused-ring (bicyclic) bond motifs is 1. The van der Waals surface area contributed by atoms with E-state index in [2.05, 4.69) is 39.6 Å². The van der Waals surface area contributed by atoms with E-state index in [4.69, 9.17) is 0 Å². The van der Waals surface area contributed by atoms with Crippen molar-refractivity contribution < 1.29 is 14.0 Å². The third-order valence-corrected chi connectivity index (χ3v) is 7.64. The number of likely N-dealkylation sites (tertiary alicyclic amines) is 1. The molecule has 1 fully saturated rings. The molecule has 1 amide bonds. The molecule has 0 atom stereocenters. The van der Waals surface area contributed by atoms with Gasteiger partial charge in [0.05, 0.1) is 18.3 Å². The predicted molar refractivity (Wildman–Crippen MR) is 148 cm³/mol.